The van der Waals surface area contributed by atoms with Crippen LogP contribution in [0.2, 0.25) is 0 Å². The molecule has 1 atom stereocenters. The molecule has 0 spiro atoms. The third-order valence-electron chi connectivity index (χ3n) is 3.79. The molecule has 0 bridgehead atoms. The van der Waals surface area contributed by atoms with Gasteiger partial charge in [-0.2, -0.15) is 10.1 Å². The third-order valence-corrected chi connectivity index (χ3v) is 3.79. The van der Waals surface area contributed by atoms with Gasteiger partial charge in [-0.15, -0.1) is 0 Å². The molecule has 0 amide bonds. The van der Waals surface area contributed by atoms with E-state index >= 15 is 0 Å². The lowest BCUT2D eigenvalue weighted by atomic mass is 9.91. The molecule has 0 aliphatic carbocycles. The summed E-state index contributed by atoms with van der Waals surface area (Å²) >= 11 is 0. The number of hydrogen-bond donors (Lipinski definition) is 1. The van der Waals surface area contributed by atoms with Crippen molar-refractivity contribution in [2.24, 2.45) is 7.05 Å². The average molecular weight is 281 g/mol. The van der Waals surface area contributed by atoms with Crippen molar-refractivity contribution in [2.45, 2.75) is 12.3 Å². The zero-order valence-electron chi connectivity index (χ0n) is 11.7. The van der Waals surface area contributed by atoms with Crippen molar-refractivity contribution in [3.63, 3.8) is 0 Å². The molecule has 0 fully saturated rings. The smallest absolute Gasteiger partial charge is 0.234 e. The van der Waals surface area contributed by atoms with Gasteiger partial charge < -0.3 is 9.84 Å². The highest BCUT2D eigenvalue weighted by Gasteiger charge is 2.26. The molecule has 1 aromatic carbocycles. The van der Waals surface area contributed by atoms with Crippen LogP contribution in [0.3, 0.4) is 0 Å². The first-order valence-corrected chi connectivity index (χ1v) is 6.96. The Kier molecular flexibility index (Phi) is 2.73. The number of para-hydroxylation sites is 1. The predicted molar refractivity (Wildman–Crippen MR) is 77.9 cm³/mol. The standard InChI is InChI=1S/C15H15N5O/c1-20-9-10(8-17-20)14-18-15(21-19-14)12-6-7-16-13-5-3-2-4-11(12)13/h2-5,8-9,12,16H,6-7H2,1H3. The van der Waals surface area contributed by atoms with Crippen molar-refractivity contribution in [1.29, 1.82) is 0 Å². The van der Waals surface area contributed by atoms with E-state index in [0.29, 0.717) is 11.7 Å². The fourth-order valence-corrected chi connectivity index (χ4v) is 2.76. The number of anilines is 1. The van der Waals surface area contributed by atoms with Crippen LogP contribution >= 0.6 is 0 Å². The monoisotopic (exact) mass is 281 g/mol. The highest BCUT2D eigenvalue weighted by molar-refractivity contribution is 5.57. The van der Waals surface area contributed by atoms with Gasteiger partial charge in [0, 0.05) is 25.5 Å². The Bertz CT molecular complexity index is 776. The molecule has 1 unspecified atom stereocenters. The zero-order valence-corrected chi connectivity index (χ0v) is 11.7. The molecule has 1 aliphatic rings. The molecule has 1 aliphatic heterocycles. The first-order valence-electron chi connectivity index (χ1n) is 6.96. The maximum atomic E-state index is 5.50. The van der Waals surface area contributed by atoms with E-state index in [1.807, 2.05) is 25.4 Å². The van der Waals surface area contributed by atoms with Crippen molar-refractivity contribution < 1.29 is 4.52 Å². The highest BCUT2D eigenvalue weighted by atomic mass is 16.5. The summed E-state index contributed by atoms with van der Waals surface area (Å²) in [5.74, 6) is 1.41. The fourth-order valence-electron chi connectivity index (χ4n) is 2.76. The first kappa shape index (κ1) is 12.1. The Morgan fingerprint density at radius 3 is 3.10 bits per heavy atom. The third kappa shape index (κ3) is 2.08. The second kappa shape index (κ2) is 4.73. The molecule has 6 heteroatoms. The van der Waals surface area contributed by atoms with E-state index in [2.05, 4.69) is 32.7 Å². The first-order chi connectivity index (χ1) is 10.3. The molecule has 6 nitrogen and oxygen atoms in total. The number of aryl methyl sites for hydroxylation is 1. The Morgan fingerprint density at radius 2 is 2.24 bits per heavy atom. The van der Waals surface area contributed by atoms with Gasteiger partial charge in [-0.05, 0) is 18.1 Å². The van der Waals surface area contributed by atoms with E-state index in [0.717, 1.165) is 24.2 Å². The van der Waals surface area contributed by atoms with Crippen LogP contribution in [0.1, 0.15) is 23.8 Å². The van der Waals surface area contributed by atoms with Crippen LogP contribution in [-0.4, -0.2) is 26.5 Å². The van der Waals surface area contributed by atoms with Crippen LogP contribution in [-0.2, 0) is 7.05 Å². The minimum Gasteiger partial charge on any atom is -0.385 e. The van der Waals surface area contributed by atoms with Gasteiger partial charge in [0.15, 0.2) is 0 Å². The quantitative estimate of drug-likeness (QED) is 0.781. The van der Waals surface area contributed by atoms with E-state index in [4.69, 9.17) is 4.52 Å². The maximum Gasteiger partial charge on any atom is 0.234 e. The number of benzene rings is 1. The number of aromatic nitrogens is 4. The van der Waals surface area contributed by atoms with Crippen LogP contribution < -0.4 is 5.32 Å². The van der Waals surface area contributed by atoms with Crippen molar-refractivity contribution in [3.05, 3.63) is 48.1 Å². The van der Waals surface area contributed by atoms with Gasteiger partial charge in [0.2, 0.25) is 11.7 Å². The van der Waals surface area contributed by atoms with Gasteiger partial charge in [0.05, 0.1) is 17.7 Å². The molecule has 0 radical (unpaired) electrons. The van der Waals surface area contributed by atoms with E-state index in [-0.39, 0.29) is 5.92 Å². The molecule has 21 heavy (non-hydrogen) atoms. The molecule has 4 rings (SSSR count). The van der Waals surface area contributed by atoms with E-state index in [1.165, 1.54) is 5.56 Å². The summed E-state index contributed by atoms with van der Waals surface area (Å²) in [7, 11) is 1.87. The summed E-state index contributed by atoms with van der Waals surface area (Å²) in [6, 6.07) is 8.26. The van der Waals surface area contributed by atoms with Crippen LogP contribution in [0, 0.1) is 0 Å². The summed E-state index contributed by atoms with van der Waals surface area (Å²) in [5, 5.41) is 11.6. The number of nitrogens with zero attached hydrogens (tertiary/aromatic N) is 4. The fraction of sp³-hybridized carbons (Fsp3) is 0.267. The van der Waals surface area contributed by atoms with E-state index in [9.17, 15) is 0 Å². The summed E-state index contributed by atoms with van der Waals surface area (Å²) in [4.78, 5) is 4.56. The second-order valence-electron chi connectivity index (χ2n) is 5.21. The summed E-state index contributed by atoms with van der Waals surface area (Å²) in [6.45, 7) is 0.909. The topological polar surface area (TPSA) is 68.8 Å². The predicted octanol–water partition coefficient (Wildman–Crippen LogP) is 2.42. The molecule has 2 aromatic heterocycles. The zero-order chi connectivity index (χ0) is 14.2. The van der Waals surface area contributed by atoms with Gasteiger partial charge in [-0.3, -0.25) is 4.68 Å². The van der Waals surface area contributed by atoms with Gasteiger partial charge in [0.1, 0.15) is 0 Å². The Hall–Kier alpha value is -2.63. The van der Waals surface area contributed by atoms with Crippen LogP contribution in [0.25, 0.3) is 11.4 Å². The van der Waals surface area contributed by atoms with Crippen LogP contribution in [0.4, 0.5) is 5.69 Å². The van der Waals surface area contributed by atoms with Crippen molar-refractivity contribution in [3.8, 4) is 11.4 Å². The van der Waals surface area contributed by atoms with Crippen LogP contribution in [0.5, 0.6) is 0 Å². The lowest BCUT2D eigenvalue weighted by Crippen LogP contribution is -2.17. The molecule has 0 saturated heterocycles. The van der Waals surface area contributed by atoms with E-state index < -0.39 is 0 Å². The minimum atomic E-state index is 0.153. The second-order valence-corrected chi connectivity index (χ2v) is 5.21. The molecule has 3 aromatic rings. The molecular weight excluding hydrogens is 266 g/mol. The van der Waals surface area contributed by atoms with Gasteiger partial charge >= 0.3 is 0 Å². The number of hydrogen-bond acceptors (Lipinski definition) is 5. The lowest BCUT2D eigenvalue weighted by molar-refractivity contribution is 0.361. The van der Waals surface area contributed by atoms with Gasteiger partial charge in [0.25, 0.3) is 0 Å². The SMILES string of the molecule is Cn1cc(-c2noc(C3CCNc4ccccc43)n2)cn1. The highest BCUT2D eigenvalue weighted by Crippen LogP contribution is 2.36. The maximum absolute atomic E-state index is 5.50. The van der Waals surface area contributed by atoms with Crippen LogP contribution in [0.15, 0.2) is 41.2 Å². The van der Waals surface area contributed by atoms with Crippen molar-refractivity contribution in [2.75, 3.05) is 11.9 Å². The summed E-state index contributed by atoms with van der Waals surface area (Å²) in [6.07, 6.45) is 4.57. The number of nitrogens with one attached hydrogen (secondary N) is 1. The van der Waals surface area contributed by atoms with Gasteiger partial charge in [-0.25, -0.2) is 0 Å². The largest absolute Gasteiger partial charge is 0.385 e. The Labute approximate surface area is 121 Å². The van der Waals surface area contributed by atoms with Crippen molar-refractivity contribution >= 4 is 5.69 Å². The number of rotatable bonds is 2. The van der Waals surface area contributed by atoms with Gasteiger partial charge in [-0.1, -0.05) is 23.4 Å². The summed E-state index contributed by atoms with van der Waals surface area (Å²) < 4.78 is 7.23. The molecule has 3 heterocycles. The molecule has 1 N–H and O–H groups in total. The summed E-state index contributed by atoms with van der Waals surface area (Å²) in [5.41, 5.74) is 3.23. The Morgan fingerprint density at radius 1 is 1.33 bits per heavy atom. The van der Waals surface area contributed by atoms with Crippen molar-refractivity contribution in [1.82, 2.24) is 19.9 Å². The molecular formula is C15H15N5O. The normalized spacial score (nSPS) is 17.3. The molecule has 0 saturated carbocycles. The van der Waals surface area contributed by atoms with E-state index in [1.54, 1.807) is 10.9 Å². The number of fused-ring (bicyclic) bond motifs is 1. The lowest BCUT2D eigenvalue weighted by Gasteiger charge is -2.23. The average Bonchev–Trinajstić information content (AvgIpc) is 3.15. The Balaban J connectivity index is 1.71. The molecule has 106 valence electrons. The minimum absolute atomic E-state index is 0.153.